The average Bonchev–Trinajstić information content (AvgIpc) is 2.50. The van der Waals surface area contributed by atoms with Gasteiger partial charge in [0, 0.05) is 0 Å². The van der Waals surface area contributed by atoms with Gasteiger partial charge in [0.15, 0.2) is 12.6 Å². The van der Waals surface area contributed by atoms with Crippen LogP contribution in [0.5, 0.6) is 0 Å². The fourth-order valence-corrected chi connectivity index (χ4v) is 2.44. The van der Waals surface area contributed by atoms with Crippen LogP contribution < -0.4 is 0 Å². The number of rotatable bonds is 3. The molecule has 2 fully saturated rings. The molecule has 10 heteroatoms. The normalized spacial score (nSPS) is 53.5. The summed E-state index contributed by atoms with van der Waals surface area (Å²) in [7, 11) is 0. The third kappa shape index (κ3) is 3.26. The van der Waals surface area contributed by atoms with Crippen LogP contribution in [0.25, 0.3) is 0 Å². The van der Waals surface area contributed by atoms with Crippen molar-refractivity contribution >= 4 is 0 Å². The minimum atomic E-state index is -1.66. The fraction of sp³-hybridized carbons (Fsp3) is 1.00. The third-order valence-electron chi connectivity index (χ3n) is 3.93. The number of hydrogen-bond donors (Lipinski definition) is 7. The highest BCUT2D eigenvalue weighted by Crippen LogP contribution is 2.27. The predicted octanol–water partition coefficient (Wildman–Crippen LogP) is -4.37. The van der Waals surface area contributed by atoms with Crippen molar-refractivity contribution in [3.05, 3.63) is 0 Å². The molecule has 2 heterocycles. The van der Waals surface area contributed by atoms with Gasteiger partial charge in [0.2, 0.25) is 0 Å². The van der Waals surface area contributed by atoms with Gasteiger partial charge < -0.3 is 50.0 Å². The zero-order chi connectivity index (χ0) is 16.6. The average molecular weight is 326 g/mol. The van der Waals surface area contributed by atoms with Gasteiger partial charge in [-0.15, -0.1) is 0 Å². The molecule has 10 atom stereocenters. The lowest BCUT2D eigenvalue weighted by atomic mass is 9.98. The molecule has 2 saturated heterocycles. The number of hydrogen-bond acceptors (Lipinski definition) is 10. The van der Waals surface area contributed by atoms with Crippen LogP contribution in [0.2, 0.25) is 0 Å². The maximum Gasteiger partial charge on any atom is 0.189 e. The molecule has 0 radical (unpaired) electrons. The van der Waals surface area contributed by atoms with Gasteiger partial charge in [-0.1, -0.05) is 0 Å². The largest absolute Gasteiger partial charge is 0.394 e. The summed E-state index contributed by atoms with van der Waals surface area (Å²) in [5, 5.41) is 67.3. The van der Waals surface area contributed by atoms with Crippen molar-refractivity contribution in [2.24, 2.45) is 0 Å². The molecule has 0 aromatic heterocycles. The number of ether oxygens (including phenoxy) is 3. The monoisotopic (exact) mass is 326 g/mol. The minimum Gasteiger partial charge on any atom is -0.394 e. The second-order valence-electron chi connectivity index (χ2n) is 5.51. The first-order chi connectivity index (χ1) is 10.3. The summed E-state index contributed by atoms with van der Waals surface area (Å²) in [4.78, 5) is 0. The Balaban J connectivity index is 2.05. The Bertz CT molecular complexity index is 366. The van der Waals surface area contributed by atoms with Gasteiger partial charge in [-0.05, 0) is 6.92 Å². The number of aliphatic hydroxyl groups excluding tert-OH is 7. The molecule has 0 aromatic carbocycles. The van der Waals surface area contributed by atoms with Gasteiger partial charge in [0.05, 0.1) is 12.7 Å². The van der Waals surface area contributed by atoms with Crippen molar-refractivity contribution in [2.45, 2.75) is 68.3 Å². The third-order valence-corrected chi connectivity index (χ3v) is 3.93. The van der Waals surface area contributed by atoms with Crippen molar-refractivity contribution < 1.29 is 50.0 Å². The second kappa shape index (κ2) is 7.01. The van der Waals surface area contributed by atoms with Crippen molar-refractivity contribution in [3.63, 3.8) is 0 Å². The van der Waals surface area contributed by atoms with Gasteiger partial charge in [-0.2, -0.15) is 0 Å². The number of aliphatic hydroxyl groups is 7. The van der Waals surface area contributed by atoms with Crippen molar-refractivity contribution in [3.8, 4) is 0 Å². The fourth-order valence-electron chi connectivity index (χ4n) is 2.44. The van der Waals surface area contributed by atoms with Gasteiger partial charge in [-0.3, -0.25) is 0 Å². The van der Waals surface area contributed by atoms with E-state index in [2.05, 4.69) is 0 Å². The molecule has 2 unspecified atom stereocenters. The molecule has 130 valence electrons. The quantitative estimate of drug-likeness (QED) is 0.269. The van der Waals surface area contributed by atoms with Crippen LogP contribution in [0, 0.1) is 0 Å². The molecule has 0 aliphatic carbocycles. The molecule has 0 spiro atoms. The first-order valence-electron chi connectivity index (χ1n) is 6.93. The molecule has 2 rings (SSSR count). The van der Waals surface area contributed by atoms with Crippen LogP contribution in [-0.2, 0) is 14.2 Å². The van der Waals surface area contributed by atoms with E-state index in [0.717, 1.165) is 0 Å². The van der Waals surface area contributed by atoms with Gasteiger partial charge >= 0.3 is 0 Å². The van der Waals surface area contributed by atoms with Gasteiger partial charge in [0.1, 0.15) is 42.7 Å². The van der Waals surface area contributed by atoms with E-state index in [1.807, 2.05) is 0 Å². The molecule has 0 bridgehead atoms. The van der Waals surface area contributed by atoms with Crippen molar-refractivity contribution in [2.75, 3.05) is 6.61 Å². The molecule has 10 nitrogen and oxygen atoms in total. The van der Waals surface area contributed by atoms with Gasteiger partial charge in [0.25, 0.3) is 0 Å². The molecular formula is C12H22O10. The molecule has 0 saturated carbocycles. The van der Waals surface area contributed by atoms with Crippen LogP contribution in [0.4, 0.5) is 0 Å². The standard InChI is InChI=1S/C12H22O10/c1-3-5(14)7(16)9(18)11(20-3)22-12-10(19)8(17)6(15)4(2-13)21-12/h3-19H,2H2,1H3/t3-,4-,5+,6+,7+,8+,9-,10-,11?,12?/m1/s1. The highest BCUT2D eigenvalue weighted by molar-refractivity contribution is 4.91. The zero-order valence-electron chi connectivity index (χ0n) is 11.8. The van der Waals surface area contributed by atoms with E-state index in [1.54, 1.807) is 0 Å². The Morgan fingerprint density at radius 3 is 1.77 bits per heavy atom. The van der Waals surface area contributed by atoms with E-state index in [1.165, 1.54) is 6.92 Å². The van der Waals surface area contributed by atoms with Crippen molar-refractivity contribution in [1.82, 2.24) is 0 Å². The Morgan fingerprint density at radius 2 is 1.23 bits per heavy atom. The van der Waals surface area contributed by atoms with E-state index in [-0.39, 0.29) is 0 Å². The summed E-state index contributed by atoms with van der Waals surface area (Å²) < 4.78 is 15.5. The van der Waals surface area contributed by atoms with E-state index in [4.69, 9.17) is 19.3 Å². The topological polar surface area (TPSA) is 169 Å². The molecule has 2 aliphatic heterocycles. The maximum atomic E-state index is 9.83. The summed E-state index contributed by atoms with van der Waals surface area (Å²) in [6.45, 7) is 0.819. The summed E-state index contributed by atoms with van der Waals surface area (Å²) >= 11 is 0. The molecule has 2 aliphatic rings. The van der Waals surface area contributed by atoms with Crippen LogP contribution in [0.1, 0.15) is 6.92 Å². The molecule has 7 N–H and O–H groups in total. The van der Waals surface area contributed by atoms with E-state index in [0.29, 0.717) is 0 Å². The molecular weight excluding hydrogens is 304 g/mol. The summed E-state index contributed by atoms with van der Waals surface area (Å²) in [6.07, 6.45) is -14.3. The van der Waals surface area contributed by atoms with Gasteiger partial charge in [-0.25, -0.2) is 0 Å². The maximum absolute atomic E-state index is 9.83. The van der Waals surface area contributed by atoms with Crippen molar-refractivity contribution in [1.29, 1.82) is 0 Å². The summed E-state index contributed by atoms with van der Waals surface area (Å²) in [5.41, 5.74) is 0. The molecule has 0 amide bonds. The zero-order valence-corrected chi connectivity index (χ0v) is 11.8. The van der Waals surface area contributed by atoms with Crippen LogP contribution in [0.3, 0.4) is 0 Å². The lowest BCUT2D eigenvalue weighted by Crippen LogP contribution is -2.63. The predicted molar refractivity (Wildman–Crippen MR) is 67.2 cm³/mol. The smallest absolute Gasteiger partial charge is 0.189 e. The Hall–Kier alpha value is -0.400. The Morgan fingerprint density at radius 1 is 0.727 bits per heavy atom. The summed E-state index contributed by atoms with van der Waals surface area (Å²) in [5.74, 6) is 0. The SMILES string of the molecule is C[C@H]1OC(OC2O[C@H](CO)[C@H](O)[C@H](O)[C@H]2O)[C@H](O)[C@@H](O)[C@H]1O. The van der Waals surface area contributed by atoms with E-state index < -0.39 is 68.0 Å². The molecule has 22 heavy (non-hydrogen) atoms. The first kappa shape index (κ1) is 17.9. The minimum absolute atomic E-state index is 0.628. The Labute approximate surface area is 126 Å². The highest BCUT2D eigenvalue weighted by Gasteiger charge is 2.48. The van der Waals surface area contributed by atoms with E-state index in [9.17, 15) is 30.6 Å². The summed E-state index contributed by atoms with van der Waals surface area (Å²) in [6, 6.07) is 0. The second-order valence-corrected chi connectivity index (χ2v) is 5.51. The van der Waals surface area contributed by atoms with E-state index >= 15 is 0 Å². The van der Waals surface area contributed by atoms with Crippen LogP contribution in [-0.4, -0.2) is 104 Å². The van der Waals surface area contributed by atoms with Crippen LogP contribution in [0.15, 0.2) is 0 Å². The first-order valence-corrected chi connectivity index (χ1v) is 6.93. The Kier molecular flexibility index (Phi) is 5.72. The lowest BCUT2D eigenvalue weighted by Gasteiger charge is -2.44. The highest BCUT2D eigenvalue weighted by atomic mass is 16.8. The lowest BCUT2D eigenvalue weighted by molar-refractivity contribution is -0.373. The molecule has 0 aromatic rings. The van der Waals surface area contributed by atoms with Crippen LogP contribution >= 0.6 is 0 Å².